The van der Waals surface area contributed by atoms with Gasteiger partial charge in [0.25, 0.3) is 0 Å². The Morgan fingerprint density at radius 2 is 2.15 bits per heavy atom. The van der Waals surface area contributed by atoms with Crippen LogP contribution in [-0.4, -0.2) is 39.2 Å². The van der Waals surface area contributed by atoms with E-state index in [4.69, 9.17) is 10.5 Å². The van der Waals surface area contributed by atoms with Crippen molar-refractivity contribution in [2.45, 2.75) is 30.6 Å². The van der Waals surface area contributed by atoms with Gasteiger partial charge >= 0.3 is 0 Å². The number of nitrogens with two attached hydrogens (primary N) is 1. The molecular weight excluding hydrogens is 190 g/mol. The van der Waals surface area contributed by atoms with E-state index in [2.05, 4.69) is 0 Å². The van der Waals surface area contributed by atoms with Gasteiger partial charge in [0.15, 0.2) is 9.84 Å². The first-order chi connectivity index (χ1) is 6.06. The molecule has 2 N–H and O–H groups in total. The lowest BCUT2D eigenvalue weighted by atomic mass is 10.3. The van der Waals surface area contributed by atoms with Gasteiger partial charge in [-0.2, -0.15) is 0 Å². The number of ether oxygens (including phenoxy) is 1. The minimum atomic E-state index is -2.96. The van der Waals surface area contributed by atoms with E-state index in [0.717, 1.165) is 6.42 Å². The average molecular weight is 207 g/mol. The molecule has 0 aromatic carbocycles. The van der Waals surface area contributed by atoms with Crippen LogP contribution >= 0.6 is 0 Å². The summed E-state index contributed by atoms with van der Waals surface area (Å²) in [6, 6.07) is 0.0716. The number of methoxy groups -OCH3 is 1. The average Bonchev–Trinajstić information content (AvgIpc) is 2.49. The first kappa shape index (κ1) is 10.9. The highest BCUT2D eigenvalue weighted by Gasteiger charge is 2.31. The van der Waals surface area contributed by atoms with Crippen LogP contribution in [0.4, 0.5) is 0 Å². The van der Waals surface area contributed by atoms with Gasteiger partial charge in [-0.15, -0.1) is 0 Å². The quantitative estimate of drug-likeness (QED) is 0.700. The minimum Gasteiger partial charge on any atom is -0.384 e. The molecule has 0 amide bonds. The van der Waals surface area contributed by atoms with Crippen molar-refractivity contribution < 1.29 is 13.2 Å². The number of sulfone groups is 1. The lowest BCUT2D eigenvalue weighted by Crippen LogP contribution is -2.25. The van der Waals surface area contributed by atoms with Crippen molar-refractivity contribution in [3.8, 4) is 0 Å². The van der Waals surface area contributed by atoms with Crippen molar-refractivity contribution >= 4 is 9.84 Å². The predicted octanol–water partition coefficient (Wildman–Crippen LogP) is -0.0726. The molecule has 0 aromatic rings. The zero-order valence-corrected chi connectivity index (χ0v) is 8.72. The monoisotopic (exact) mass is 207 g/mol. The normalized spacial score (nSPS) is 29.4. The molecular formula is C8H17NO3S. The Bertz CT molecular complexity index is 250. The van der Waals surface area contributed by atoms with E-state index in [9.17, 15) is 8.42 Å². The standard InChI is InChI=1S/C8H17NO3S/c1-12-4-5-13(10,11)8-3-2-7(9)6-8/h7-8H,2-6,9H2,1H3. The van der Waals surface area contributed by atoms with Crippen molar-refractivity contribution in [1.29, 1.82) is 0 Å². The summed E-state index contributed by atoms with van der Waals surface area (Å²) in [6.45, 7) is 0.286. The molecule has 0 heterocycles. The van der Waals surface area contributed by atoms with E-state index < -0.39 is 9.84 Å². The fraction of sp³-hybridized carbons (Fsp3) is 1.00. The Balaban J connectivity index is 2.50. The molecule has 1 fully saturated rings. The van der Waals surface area contributed by atoms with Gasteiger partial charge in [0.05, 0.1) is 17.6 Å². The smallest absolute Gasteiger partial charge is 0.155 e. The number of rotatable bonds is 4. The molecule has 1 saturated carbocycles. The van der Waals surface area contributed by atoms with E-state index in [-0.39, 0.29) is 23.7 Å². The van der Waals surface area contributed by atoms with Gasteiger partial charge < -0.3 is 10.5 Å². The molecule has 13 heavy (non-hydrogen) atoms. The molecule has 1 aliphatic carbocycles. The van der Waals surface area contributed by atoms with Crippen LogP contribution in [0.5, 0.6) is 0 Å². The fourth-order valence-electron chi connectivity index (χ4n) is 1.67. The predicted molar refractivity (Wildman–Crippen MR) is 51.3 cm³/mol. The summed E-state index contributed by atoms with van der Waals surface area (Å²) in [7, 11) is -1.45. The van der Waals surface area contributed by atoms with Gasteiger partial charge in [0, 0.05) is 13.2 Å². The van der Waals surface area contributed by atoms with E-state index >= 15 is 0 Å². The van der Waals surface area contributed by atoms with Gasteiger partial charge in [0.1, 0.15) is 0 Å². The largest absolute Gasteiger partial charge is 0.384 e. The molecule has 1 rings (SSSR count). The Hall–Kier alpha value is -0.130. The Morgan fingerprint density at radius 3 is 2.62 bits per heavy atom. The van der Waals surface area contributed by atoms with Crippen LogP contribution < -0.4 is 5.73 Å². The van der Waals surface area contributed by atoms with Crippen LogP contribution in [0.25, 0.3) is 0 Å². The highest BCUT2D eigenvalue weighted by Crippen LogP contribution is 2.24. The van der Waals surface area contributed by atoms with Crippen molar-refractivity contribution in [1.82, 2.24) is 0 Å². The van der Waals surface area contributed by atoms with Crippen LogP contribution in [0, 0.1) is 0 Å². The fourth-order valence-corrected chi connectivity index (χ4v) is 3.43. The molecule has 1 aliphatic rings. The van der Waals surface area contributed by atoms with Gasteiger partial charge in [0.2, 0.25) is 0 Å². The van der Waals surface area contributed by atoms with Crippen LogP contribution in [-0.2, 0) is 14.6 Å². The van der Waals surface area contributed by atoms with E-state index in [0.29, 0.717) is 12.8 Å². The van der Waals surface area contributed by atoms with Gasteiger partial charge in [-0.05, 0) is 19.3 Å². The maximum absolute atomic E-state index is 11.6. The van der Waals surface area contributed by atoms with Crippen LogP contribution in [0.3, 0.4) is 0 Å². The number of hydrogen-bond acceptors (Lipinski definition) is 4. The third-order valence-electron chi connectivity index (χ3n) is 2.50. The summed E-state index contributed by atoms with van der Waals surface area (Å²) in [5, 5.41) is -0.224. The lowest BCUT2D eigenvalue weighted by Gasteiger charge is -2.10. The zero-order valence-electron chi connectivity index (χ0n) is 7.90. The third-order valence-corrected chi connectivity index (χ3v) is 4.68. The van der Waals surface area contributed by atoms with E-state index in [1.54, 1.807) is 0 Å². The summed E-state index contributed by atoms with van der Waals surface area (Å²) in [5.41, 5.74) is 5.65. The topological polar surface area (TPSA) is 69.4 Å². The SMILES string of the molecule is COCCS(=O)(=O)C1CCC(N)C1. The van der Waals surface area contributed by atoms with E-state index in [1.807, 2.05) is 0 Å². The molecule has 5 heteroatoms. The molecule has 2 atom stereocenters. The third kappa shape index (κ3) is 2.93. The highest BCUT2D eigenvalue weighted by molar-refractivity contribution is 7.92. The molecule has 0 aromatic heterocycles. The molecule has 2 unspecified atom stereocenters. The van der Waals surface area contributed by atoms with Gasteiger partial charge in [-0.25, -0.2) is 8.42 Å². The summed E-state index contributed by atoms with van der Waals surface area (Å²) < 4.78 is 28.0. The Kier molecular flexibility index (Phi) is 3.70. The van der Waals surface area contributed by atoms with Crippen molar-refractivity contribution in [3.05, 3.63) is 0 Å². The van der Waals surface area contributed by atoms with Crippen molar-refractivity contribution in [2.75, 3.05) is 19.5 Å². The van der Waals surface area contributed by atoms with Gasteiger partial charge in [-0.1, -0.05) is 0 Å². The summed E-state index contributed by atoms with van der Waals surface area (Å²) in [5.74, 6) is 0.126. The minimum absolute atomic E-state index is 0.0716. The molecule has 78 valence electrons. The first-order valence-corrected chi connectivity index (χ1v) is 6.24. The van der Waals surface area contributed by atoms with Gasteiger partial charge in [-0.3, -0.25) is 0 Å². The van der Waals surface area contributed by atoms with Crippen LogP contribution in [0.2, 0.25) is 0 Å². The van der Waals surface area contributed by atoms with E-state index in [1.165, 1.54) is 7.11 Å². The second-order valence-corrected chi connectivity index (χ2v) is 5.96. The highest BCUT2D eigenvalue weighted by atomic mass is 32.2. The summed E-state index contributed by atoms with van der Waals surface area (Å²) in [6.07, 6.45) is 2.16. The maximum Gasteiger partial charge on any atom is 0.155 e. The number of hydrogen-bond donors (Lipinski definition) is 1. The van der Waals surface area contributed by atoms with Crippen molar-refractivity contribution in [3.63, 3.8) is 0 Å². The molecule has 0 saturated heterocycles. The summed E-state index contributed by atoms with van der Waals surface area (Å²) >= 11 is 0. The Morgan fingerprint density at radius 1 is 1.46 bits per heavy atom. The molecule has 0 radical (unpaired) electrons. The zero-order chi connectivity index (χ0) is 9.90. The first-order valence-electron chi connectivity index (χ1n) is 4.52. The Labute approximate surface area is 79.4 Å². The molecule has 0 aliphatic heterocycles. The molecule has 0 bridgehead atoms. The van der Waals surface area contributed by atoms with Crippen LogP contribution in [0.1, 0.15) is 19.3 Å². The second-order valence-electron chi connectivity index (χ2n) is 3.55. The van der Waals surface area contributed by atoms with Crippen LogP contribution in [0.15, 0.2) is 0 Å². The lowest BCUT2D eigenvalue weighted by molar-refractivity contribution is 0.217. The van der Waals surface area contributed by atoms with Crippen molar-refractivity contribution in [2.24, 2.45) is 5.73 Å². The summed E-state index contributed by atoms with van der Waals surface area (Å²) in [4.78, 5) is 0. The molecule has 4 nitrogen and oxygen atoms in total. The molecule has 0 spiro atoms. The second kappa shape index (κ2) is 4.39. The maximum atomic E-state index is 11.6.